The minimum absolute atomic E-state index is 0.0789. The number of phenolic OH excluding ortho intramolecular Hbond substituents is 1. The molecule has 0 bridgehead atoms. The van der Waals surface area contributed by atoms with Crippen LogP contribution in [0.3, 0.4) is 0 Å². The normalized spacial score (nSPS) is 10.3. The standard InChI is InChI=1S/C12H8INO3S/c13-8-4-5-12(11(6-8)14(16)17)18-10-3-1-2-9(15)7-10/h1-7,15H. The van der Waals surface area contributed by atoms with Crippen molar-refractivity contribution in [3.05, 3.63) is 56.1 Å². The molecule has 2 rings (SSSR count). The lowest BCUT2D eigenvalue weighted by atomic mass is 10.3. The highest BCUT2D eigenvalue weighted by Gasteiger charge is 2.15. The average molecular weight is 373 g/mol. The zero-order valence-electron chi connectivity index (χ0n) is 9.04. The summed E-state index contributed by atoms with van der Waals surface area (Å²) in [4.78, 5) is 11.9. The van der Waals surface area contributed by atoms with Crippen molar-refractivity contribution in [2.45, 2.75) is 9.79 Å². The molecule has 0 heterocycles. The summed E-state index contributed by atoms with van der Waals surface area (Å²) in [5.41, 5.74) is 0.0789. The van der Waals surface area contributed by atoms with Gasteiger partial charge < -0.3 is 5.11 Å². The second-order valence-corrected chi connectivity index (χ2v) is 5.83. The van der Waals surface area contributed by atoms with Crippen LogP contribution in [-0.2, 0) is 0 Å². The molecule has 0 saturated heterocycles. The molecule has 0 atom stereocenters. The van der Waals surface area contributed by atoms with Gasteiger partial charge in [-0.05, 0) is 52.9 Å². The Kier molecular flexibility index (Phi) is 4.07. The fourth-order valence-electron chi connectivity index (χ4n) is 1.39. The van der Waals surface area contributed by atoms with E-state index in [-0.39, 0.29) is 11.4 Å². The third kappa shape index (κ3) is 3.14. The van der Waals surface area contributed by atoms with Crippen LogP contribution in [0.4, 0.5) is 5.69 Å². The second-order valence-electron chi connectivity index (χ2n) is 3.47. The minimum Gasteiger partial charge on any atom is -0.508 e. The van der Waals surface area contributed by atoms with Gasteiger partial charge in [-0.2, -0.15) is 0 Å². The summed E-state index contributed by atoms with van der Waals surface area (Å²) in [6.45, 7) is 0. The predicted octanol–water partition coefficient (Wildman–Crippen LogP) is 4.06. The zero-order valence-corrected chi connectivity index (χ0v) is 12.0. The topological polar surface area (TPSA) is 63.4 Å². The molecule has 1 N–H and O–H groups in total. The van der Waals surface area contributed by atoms with E-state index < -0.39 is 4.92 Å². The number of nitrogens with zero attached hydrogens (tertiary/aromatic N) is 1. The Bertz CT molecular complexity index is 604. The van der Waals surface area contributed by atoms with Crippen molar-refractivity contribution in [1.82, 2.24) is 0 Å². The Balaban J connectivity index is 2.37. The van der Waals surface area contributed by atoms with E-state index in [1.165, 1.54) is 17.8 Å². The second kappa shape index (κ2) is 5.57. The highest BCUT2D eigenvalue weighted by Crippen LogP contribution is 2.36. The van der Waals surface area contributed by atoms with Gasteiger partial charge in [0.2, 0.25) is 0 Å². The number of benzene rings is 2. The Hall–Kier alpha value is -1.28. The summed E-state index contributed by atoms with van der Waals surface area (Å²) >= 11 is 3.30. The summed E-state index contributed by atoms with van der Waals surface area (Å²) in [6.07, 6.45) is 0. The lowest BCUT2D eigenvalue weighted by molar-refractivity contribution is -0.387. The lowest BCUT2D eigenvalue weighted by Crippen LogP contribution is -1.91. The first-order chi connectivity index (χ1) is 8.56. The molecule has 0 aliphatic carbocycles. The van der Waals surface area contributed by atoms with E-state index in [0.29, 0.717) is 4.90 Å². The van der Waals surface area contributed by atoms with Crippen molar-refractivity contribution in [1.29, 1.82) is 0 Å². The van der Waals surface area contributed by atoms with Gasteiger partial charge in [-0.25, -0.2) is 0 Å². The zero-order chi connectivity index (χ0) is 13.1. The molecule has 2 aromatic carbocycles. The van der Waals surface area contributed by atoms with Crippen LogP contribution in [0.25, 0.3) is 0 Å². The Labute approximate surface area is 121 Å². The van der Waals surface area contributed by atoms with Crippen molar-refractivity contribution < 1.29 is 10.0 Å². The van der Waals surface area contributed by atoms with Crippen LogP contribution < -0.4 is 0 Å². The molecule has 0 fully saturated rings. The highest BCUT2D eigenvalue weighted by molar-refractivity contribution is 14.1. The minimum atomic E-state index is -0.396. The molecule has 2 aromatic rings. The van der Waals surface area contributed by atoms with Crippen molar-refractivity contribution in [2.75, 3.05) is 0 Å². The van der Waals surface area contributed by atoms with E-state index in [4.69, 9.17) is 0 Å². The fraction of sp³-hybridized carbons (Fsp3) is 0. The van der Waals surface area contributed by atoms with Crippen LogP contribution in [0.1, 0.15) is 0 Å². The maximum atomic E-state index is 11.0. The van der Waals surface area contributed by atoms with Crippen LogP contribution in [0.2, 0.25) is 0 Å². The summed E-state index contributed by atoms with van der Waals surface area (Å²) in [6, 6.07) is 11.7. The number of rotatable bonds is 3. The summed E-state index contributed by atoms with van der Waals surface area (Å²) in [5.74, 6) is 0.146. The van der Waals surface area contributed by atoms with Gasteiger partial charge in [0, 0.05) is 14.5 Å². The van der Waals surface area contributed by atoms with Gasteiger partial charge >= 0.3 is 0 Å². The molecule has 6 heteroatoms. The van der Waals surface area contributed by atoms with E-state index in [9.17, 15) is 15.2 Å². The molecule has 4 nitrogen and oxygen atoms in total. The quantitative estimate of drug-likeness (QED) is 0.501. The largest absolute Gasteiger partial charge is 0.508 e. The van der Waals surface area contributed by atoms with Gasteiger partial charge in [0.1, 0.15) is 5.75 Å². The van der Waals surface area contributed by atoms with E-state index in [2.05, 4.69) is 0 Å². The van der Waals surface area contributed by atoms with Crippen LogP contribution in [0.15, 0.2) is 52.3 Å². The summed E-state index contributed by atoms with van der Waals surface area (Å²) in [5, 5.41) is 20.3. The van der Waals surface area contributed by atoms with E-state index in [0.717, 1.165) is 8.47 Å². The lowest BCUT2D eigenvalue weighted by Gasteiger charge is -2.04. The van der Waals surface area contributed by atoms with Crippen LogP contribution in [0.5, 0.6) is 5.75 Å². The summed E-state index contributed by atoms with van der Waals surface area (Å²) < 4.78 is 0.819. The highest BCUT2D eigenvalue weighted by atomic mass is 127. The van der Waals surface area contributed by atoms with Gasteiger partial charge in [0.15, 0.2) is 0 Å². The third-order valence-electron chi connectivity index (χ3n) is 2.16. The van der Waals surface area contributed by atoms with Gasteiger partial charge in [0.25, 0.3) is 5.69 Å². The van der Waals surface area contributed by atoms with Crippen molar-refractivity contribution in [2.24, 2.45) is 0 Å². The molecule has 0 aliphatic rings. The number of nitro groups is 1. The molecule has 0 radical (unpaired) electrons. The fourth-order valence-corrected chi connectivity index (χ4v) is 2.82. The van der Waals surface area contributed by atoms with Crippen LogP contribution in [0, 0.1) is 13.7 Å². The predicted molar refractivity (Wildman–Crippen MR) is 78.0 cm³/mol. The molecule has 18 heavy (non-hydrogen) atoms. The van der Waals surface area contributed by atoms with Crippen molar-refractivity contribution in [3.63, 3.8) is 0 Å². The van der Waals surface area contributed by atoms with E-state index in [1.54, 1.807) is 30.3 Å². The number of hydrogen-bond donors (Lipinski definition) is 1. The maximum absolute atomic E-state index is 11.0. The summed E-state index contributed by atoms with van der Waals surface area (Å²) in [7, 11) is 0. The number of halogens is 1. The molecule has 92 valence electrons. The smallest absolute Gasteiger partial charge is 0.284 e. The molecule has 0 aromatic heterocycles. The molecule has 0 unspecified atom stereocenters. The van der Waals surface area contributed by atoms with Crippen LogP contribution >= 0.6 is 34.4 Å². The Morgan fingerprint density at radius 3 is 2.67 bits per heavy atom. The van der Waals surface area contributed by atoms with E-state index in [1.807, 2.05) is 28.7 Å². The SMILES string of the molecule is O=[N+]([O-])c1cc(I)ccc1Sc1cccc(O)c1. The molecule has 0 saturated carbocycles. The molecule has 0 spiro atoms. The monoisotopic (exact) mass is 373 g/mol. The van der Waals surface area contributed by atoms with Gasteiger partial charge in [-0.15, -0.1) is 0 Å². The third-order valence-corrected chi connectivity index (χ3v) is 3.89. The number of nitro benzene ring substituents is 1. The molecular formula is C12H8INO3S. The number of aromatic hydroxyl groups is 1. The molecule has 0 amide bonds. The average Bonchev–Trinajstić information content (AvgIpc) is 2.31. The number of hydrogen-bond acceptors (Lipinski definition) is 4. The first kappa shape index (κ1) is 13.2. The maximum Gasteiger partial charge on any atom is 0.284 e. The van der Waals surface area contributed by atoms with Crippen molar-refractivity contribution >= 4 is 40.0 Å². The van der Waals surface area contributed by atoms with Gasteiger partial charge in [-0.3, -0.25) is 10.1 Å². The van der Waals surface area contributed by atoms with Gasteiger partial charge in [-0.1, -0.05) is 17.8 Å². The van der Waals surface area contributed by atoms with E-state index >= 15 is 0 Å². The van der Waals surface area contributed by atoms with Gasteiger partial charge in [0.05, 0.1) is 9.82 Å². The van der Waals surface area contributed by atoms with Crippen molar-refractivity contribution in [3.8, 4) is 5.75 Å². The Morgan fingerprint density at radius 2 is 2.00 bits per heavy atom. The first-order valence-corrected chi connectivity index (χ1v) is 6.86. The van der Waals surface area contributed by atoms with Crippen LogP contribution in [-0.4, -0.2) is 10.0 Å². The first-order valence-electron chi connectivity index (χ1n) is 4.97. The molecular weight excluding hydrogens is 365 g/mol. The number of phenols is 1. The molecule has 0 aliphatic heterocycles. The Morgan fingerprint density at radius 1 is 1.22 bits per heavy atom.